The van der Waals surface area contributed by atoms with E-state index < -0.39 is 33.7 Å². The van der Waals surface area contributed by atoms with Crippen LogP contribution < -0.4 is 0 Å². The van der Waals surface area contributed by atoms with Crippen molar-refractivity contribution in [2.24, 2.45) is 28.6 Å². The Bertz CT molecular complexity index is 930. The average Bonchev–Trinajstić information content (AvgIpc) is 3.05. The first-order valence-electron chi connectivity index (χ1n) is 12.3. The maximum Gasteiger partial charge on any atom is 0.190 e. The second-order valence-electron chi connectivity index (χ2n) is 11.1. The number of allylic oxidation sites excluding steroid dienone is 4. The third kappa shape index (κ3) is 2.94. The Labute approximate surface area is 200 Å². The molecular formula is C26H35ClO6. The first-order chi connectivity index (χ1) is 15.5. The van der Waals surface area contributed by atoms with Gasteiger partial charge in [-0.15, -0.1) is 11.6 Å². The molecule has 1 heterocycles. The van der Waals surface area contributed by atoms with Gasteiger partial charge in [-0.05, 0) is 62.5 Å². The lowest BCUT2D eigenvalue weighted by molar-refractivity contribution is -0.284. The molecule has 1 N–H and O–H groups in total. The van der Waals surface area contributed by atoms with E-state index in [0.29, 0.717) is 19.4 Å². The van der Waals surface area contributed by atoms with Crippen molar-refractivity contribution in [1.82, 2.24) is 0 Å². The number of carbonyl (C=O) groups is 2. The minimum Gasteiger partial charge on any atom is -0.391 e. The van der Waals surface area contributed by atoms with Crippen LogP contribution in [0.2, 0.25) is 0 Å². The van der Waals surface area contributed by atoms with Crippen molar-refractivity contribution < 1.29 is 28.9 Å². The molecule has 0 bridgehead atoms. The van der Waals surface area contributed by atoms with Gasteiger partial charge in [0.1, 0.15) is 12.2 Å². The van der Waals surface area contributed by atoms with E-state index in [4.69, 9.17) is 25.8 Å². The van der Waals surface area contributed by atoms with E-state index in [-0.39, 0.29) is 42.5 Å². The van der Waals surface area contributed by atoms with E-state index in [9.17, 15) is 14.7 Å². The lowest BCUT2D eigenvalue weighted by Gasteiger charge is -2.65. The second-order valence-corrected chi connectivity index (χ2v) is 11.7. The number of ketones is 2. The number of fused-ring (bicyclic) bond motifs is 6. The van der Waals surface area contributed by atoms with E-state index in [1.165, 1.54) is 0 Å². The van der Waals surface area contributed by atoms with Gasteiger partial charge in [-0.1, -0.05) is 32.4 Å². The molecule has 0 aromatic rings. The van der Waals surface area contributed by atoms with Crippen LogP contribution in [-0.4, -0.2) is 59.4 Å². The first-order valence-corrected chi connectivity index (χ1v) is 12.6. The summed E-state index contributed by atoms with van der Waals surface area (Å²) in [6.45, 7) is 9.03. The maximum absolute atomic E-state index is 13.4. The highest BCUT2D eigenvalue weighted by Gasteiger charge is 2.75. The zero-order valence-electron chi connectivity index (χ0n) is 19.9. The van der Waals surface area contributed by atoms with Crippen LogP contribution in [0, 0.1) is 28.6 Å². The van der Waals surface area contributed by atoms with Crippen LogP contribution >= 0.6 is 11.6 Å². The van der Waals surface area contributed by atoms with Crippen LogP contribution in [-0.2, 0) is 23.8 Å². The minimum atomic E-state index is -1.00. The highest BCUT2D eigenvalue weighted by Crippen LogP contribution is 2.72. The summed E-state index contributed by atoms with van der Waals surface area (Å²) in [4.78, 5) is 24.6. The monoisotopic (exact) mass is 478 g/mol. The summed E-state index contributed by atoms with van der Waals surface area (Å²) in [7, 11) is 0. The van der Waals surface area contributed by atoms with Gasteiger partial charge in [0, 0.05) is 17.4 Å². The topological polar surface area (TPSA) is 82.1 Å². The quantitative estimate of drug-likeness (QED) is 0.624. The molecular weight excluding hydrogens is 444 g/mol. The summed E-state index contributed by atoms with van der Waals surface area (Å²) in [6, 6.07) is 0. The van der Waals surface area contributed by atoms with Crippen molar-refractivity contribution in [2.75, 3.05) is 19.8 Å². The van der Waals surface area contributed by atoms with Crippen molar-refractivity contribution in [3.05, 3.63) is 23.8 Å². The third-order valence-corrected chi connectivity index (χ3v) is 10.7. The van der Waals surface area contributed by atoms with Crippen LogP contribution in [0.5, 0.6) is 0 Å². The van der Waals surface area contributed by atoms with Gasteiger partial charge in [-0.25, -0.2) is 0 Å². The smallest absolute Gasteiger partial charge is 0.190 e. The van der Waals surface area contributed by atoms with Gasteiger partial charge < -0.3 is 19.3 Å². The number of halogens is 1. The lowest BCUT2D eigenvalue weighted by Crippen LogP contribution is -2.70. The number of rotatable bonds is 3. The number of hydrogen-bond donors (Lipinski definition) is 1. The van der Waals surface area contributed by atoms with Gasteiger partial charge in [0.2, 0.25) is 0 Å². The number of carbonyl (C=O) groups excluding carboxylic acids is 2. The SMILES string of the molecule is CCOCC1OCC(=O)[C@]2(CC[C@H]3[C@@H]4C[C@H](C)C5=CC(=O)C=C[C@]5(C)[C@@]4(Cl)[C@@H](O)C[C@@]32C)O1. The molecule has 3 saturated carbocycles. The number of aliphatic hydroxyl groups is 1. The Balaban J connectivity index is 1.55. The van der Waals surface area contributed by atoms with E-state index in [1.54, 1.807) is 12.2 Å². The Morgan fingerprint density at radius 1 is 1.27 bits per heavy atom. The molecule has 4 fully saturated rings. The fourth-order valence-corrected chi connectivity index (χ4v) is 8.64. The normalized spacial score (nSPS) is 51.2. The van der Waals surface area contributed by atoms with Crippen molar-refractivity contribution >= 4 is 23.2 Å². The van der Waals surface area contributed by atoms with E-state index in [0.717, 1.165) is 18.4 Å². The van der Waals surface area contributed by atoms with Crippen molar-refractivity contribution in [2.45, 2.75) is 76.2 Å². The summed E-state index contributed by atoms with van der Waals surface area (Å²) in [5, 5.41) is 11.7. The zero-order chi connectivity index (χ0) is 23.8. The van der Waals surface area contributed by atoms with Gasteiger partial charge in [0.05, 0.1) is 17.6 Å². The standard InChI is InChI=1S/C26H35ClO6/c1-5-31-14-22-32-13-21(30)25(33-22)9-7-17-19-10-15(2)18-11-16(28)6-8-23(18,3)26(19,27)20(29)12-24(17,25)4/h6,8,11,15,17,19-20,22,29H,5,7,9-10,12-14H2,1-4H3/t15-,17-,19-,20-,22?,23-,24-,25-,26-/m0/s1. The van der Waals surface area contributed by atoms with E-state index in [2.05, 4.69) is 20.8 Å². The molecule has 182 valence electrons. The van der Waals surface area contributed by atoms with Gasteiger partial charge in [0.25, 0.3) is 0 Å². The lowest BCUT2D eigenvalue weighted by atomic mass is 9.44. The largest absolute Gasteiger partial charge is 0.391 e. The Morgan fingerprint density at radius 3 is 2.76 bits per heavy atom. The predicted octanol–water partition coefficient (Wildman–Crippen LogP) is 3.59. The summed E-state index contributed by atoms with van der Waals surface area (Å²) >= 11 is 7.52. The maximum atomic E-state index is 13.4. The molecule has 1 aliphatic heterocycles. The van der Waals surface area contributed by atoms with Crippen molar-refractivity contribution in [3.63, 3.8) is 0 Å². The van der Waals surface area contributed by atoms with E-state index in [1.807, 2.05) is 13.0 Å². The fourth-order valence-electron chi connectivity index (χ4n) is 8.15. The summed E-state index contributed by atoms with van der Waals surface area (Å²) < 4.78 is 17.6. The third-order valence-electron chi connectivity index (χ3n) is 9.73. The highest BCUT2D eigenvalue weighted by molar-refractivity contribution is 6.26. The highest BCUT2D eigenvalue weighted by atomic mass is 35.5. The van der Waals surface area contributed by atoms with Crippen LogP contribution in [0.3, 0.4) is 0 Å². The molecule has 9 atom stereocenters. The molecule has 5 aliphatic rings. The molecule has 6 nitrogen and oxygen atoms in total. The number of hydrogen-bond acceptors (Lipinski definition) is 6. The molecule has 5 rings (SSSR count). The van der Waals surface area contributed by atoms with Gasteiger partial charge >= 0.3 is 0 Å². The molecule has 7 heteroatoms. The summed E-state index contributed by atoms with van der Waals surface area (Å²) in [5.74, 6) is 0.175. The van der Waals surface area contributed by atoms with Crippen molar-refractivity contribution in [3.8, 4) is 0 Å². The molecule has 1 spiro atoms. The minimum absolute atomic E-state index is 0.00131. The second kappa shape index (κ2) is 7.72. The zero-order valence-corrected chi connectivity index (χ0v) is 20.7. The molecule has 0 aromatic carbocycles. The number of alkyl halides is 1. The van der Waals surface area contributed by atoms with Gasteiger partial charge in [-0.3, -0.25) is 9.59 Å². The van der Waals surface area contributed by atoms with Gasteiger partial charge in [0.15, 0.2) is 17.9 Å². The molecule has 1 saturated heterocycles. The summed E-state index contributed by atoms with van der Waals surface area (Å²) in [6.07, 6.45) is 6.29. The number of Topliss-reactive ketones (excluding diaryl/α,β-unsaturated/α-hetero) is 1. The molecule has 0 aromatic heterocycles. The van der Waals surface area contributed by atoms with E-state index >= 15 is 0 Å². The predicted molar refractivity (Wildman–Crippen MR) is 123 cm³/mol. The Hall–Kier alpha value is -1.05. The molecule has 0 amide bonds. The Morgan fingerprint density at radius 2 is 2.03 bits per heavy atom. The molecule has 0 radical (unpaired) electrons. The fraction of sp³-hybridized carbons (Fsp3) is 0.769. The van der Waals surface area contributed by atoms with Crippen molar-refractivity contribution in [1.29, 1.82) is 0 Å². The van der Waals surface area contributed by atoms with Crippen LogP contribution in [0.1, 0.15) is 53.4 Å². The average molecular weight is 479 g/mol. The molecule has 4 aliphatic carbocycles. The van der Waals surface area contributed by atoms with Crippen LogP contribution in [0.4, 0.5) is 0 Å². The first kappa shape index (κ1) is 23.7. The molecule has 1 unspecified atom stereocenters. The van der Waals surface area contributed by atoms with Crippen LogP contribution in [0.25, 0.3) is 0 Å². The van der Waals surface area contributed by atoms with Crippen LogP contribution in [0.15, 0.2) is 23.8 Å². The molecule has 33 heavy (non-hydrogen) atoms. The summed E-state index contributed by atoms with van der Waals surface area (Å²) in [5.41, 5.74) is -1.19. The number of aliphatic hydroxyl groups excluding tert-OH is 1. The Kier molecular flexibility index (Phi) is 5.54. The van der Waals surface area contributed by atoms with Gasteiger partial charge in [-0.2, -0.15) is 0 Å². The number of ether oxygens (including phenoxy) is 3.